The highest BCUT2D eigenvalue weighted by Crippen LogP contribution is 2.16. The van der Waals surface area contributed by atoms with E-state index in [1.807, 2.05) is 13.0 Å². The Morgan fingerprint density at radius 3 is 2.73 bits per heavy atom. The number of rotatable bonds is 6. The number of esters is 1. The summed E-state index contributed by atoms with van der Waals surface area (Å²) in [6.45, 7) is 4.62. The third-order valence-corrected chi connectivity index (χ3v) is 2.61. The first-order valence-electron chi connectivity index (χ1n) is 5.79. The minimum Gasteiger partial charge on any atom is -0.458 e. The fraction of sp³-hybridized carbons (Fsp3) is 0.615. The first-order valence-corrected chi connectivity index (χ1v) is 5.79. The number of ether oxygens (including phenoxy) is 1. The molecule has 0 aromatic carbocycles. The first kappa shape index (κ1) is 12.0. The van der Waals surface area contributed by atoms with Crippen molar-refractivity contribution in [2.24, 2.45) is 0 Å². The summed E-state index contributed by atoms with van der Waals surface area (Å²) >= 11 is 0. The number of carbonyl (C=O) groups excluding carboxylic acids is 1. The Morgan fingerprint density at radius 2 is 2.13 bits per heavy atom. The molecule has 0 bridgehead atoms. The van der Waals surface area contributed by atoms with Gasteiger partial charge in [-0.1, -0.05) is 38.3 Å². The van der Waals surface area contributed by atoms with Gasteiger partial charge in [-0.3, -0.25) is 0 Å². The average Bonchev–Trinajstić information content (AvgIpc) is 2.54. The maximum absolute atomic E-state index is 11.2. The molecule has 0 spiro atoms. The Balaban J connectivity index is 2.26. The molecular formula is C13H20O2. The van der Waals surface area contributed by atoms with E-state index in [0.717, 1.165) is 17.6 Å². The van der Waals surface area contributed by atoms with Gasteiger partial charge in [-0.25, -0.2) is 4.79 Å². The molecular weight excluding hydrogens is 188 g/mol. The van der Waals surface area contributed by atoms with Crippen molar-refractivity contribution in [3.05, 3.63) is 23.3 Å². The third kappa shape index (κ3) is 3.90. The zero-order chi connectivity index (χ0) is 11.1. The smallest absolute Gasteiger partial charge is 0.338 e. The highest BCUT2D eigenvalue weighted by atomic mass is 16.5. The molecule has 1 aliphatic heterocycles. The maximum Gasteiger partial charge on any atom is 0.338 e. The third-order valence-electron chi connectivity index (χ3n) is 2.61. The van der Waals surface area contributed by atoms with Crippen molar-refractivity contribution >= 4 is 5.97 Å². The lowest BCUT2D eigenvalue weighted by Gasteiger charge is -1.94. The van der Waals surface area contributed by atoms with Crippen LogP contribution < -0.4 is 0 Å². The molecule has 1 heterocycles. The van der Waals surface area contributed by atoms with E-state index < -0.39 is 0 Å². The molecule has 0 aromatic rings. The van der Waals surface area contributed by atoms with Crippen molar-refractivity contribution in [1.29, 1.82) is 0 Å². The van der Waals surface area contributed by atoms with Crippen LogP contribution in [-0.2, 0) is 9.53 Å². The normalized spacial score (nSPS) is 16.5. The van der Waals surface area contributed by atoms with Crippen LogP contribution in [0.4, 0.5) is 0 Å². The second-order valence-electron chi connectivity index (χ2n) is 4.02. The number of carbonyl (C=O) groups is 1. The molecule has 0 aromatic heterocycles. The summed E-state index contributed by atoms with van der Waals surface area (Å²) in [5.74, 6) is -0.169. The predicted octanol–water partition coefficient (Wildman–Crippen LogP) is 3.39. The molecule has 0 fully saturated rings. The topological polar surface area (TPSA) is 26.3 Å². The molecule has 0 saturated carbocycles. The highest BCUT2D eigenvalue weighted by molar-refractivity contribution is 5.94. The van der Waals surface area contributed by atoms with Crippen molar-refractivity contribution < 1.29 is 9.53 Å². The summed E-state index contributed by atoms with van der Waals surface area (Å²) in [6.07, 6.45) is 10.1. The highest BCUT2D eigenvalue weighted by Gasteiger charge is 2.18. The van der Waals surface area contributed by atoms with Crippen molar-refractivity contribution in [2.75, 3.05) is 6.61 Å². The summed E-state index contributed by atoms with van der Waals surface area (Å²) in [5, 5.41) is 0. The second-order valence-corrected chi connectivity index (χ2v) is 4.02. The summed E-state index contributed by atoms with van der Waals surface area (Å²) in [6, 6.07) is 0. The molecule has 84 valence electrons. The molecule has 1 aliphatic rings. The van der Waals surface area contributed by atoms with E-state index in [0.29, 0.717) is 6.61 Å². The summed E-state index contributed by atoms with van der Waals surface area (Å²) < 4.78 is 4.91. The van der Waals surface area contributed by atoms with Crippen LogP contribution in [0.2, 0.25) is 0 Å². The molecule has 15 heavy (non-hydrogen) atoms. The number of allylic oxidation sites excluding steroid dienone is 1. The lowest BCUT2D eigenvalue weighted by molar-refractivity contribution is -0.135. The van der Waals surface area contributed by atoms with Gasteiger partial charge < -0.3 is 4.74 Å². The van der Waals surface area contributed by atoms with E-state index in [-0.39, 0.29) is 5.97 Å². The largest absolute Gasteiger partial charge is 0.458 e. The van der Waals surface area contributed by atoms with E-state index >= 15 is 0 Å². The molecule has 2 heteroatoms. The van der Waals surface area contributed by atoms with Crippen LogP contribution in [0.15, 0.2) is 23.3 Å². The van der Waals surface area contributed by atoms with Gasteiger partial charge in [-0.15, -0.1) is 0 Å². The molecule has 0 N–H and O–H groups in total. The van der Waals surface area contributed by atoms with E-state index in [9.17, 15) is 4.79 Å². The zero-order valence-electron chi connectivity index (χ0n) is 9.71. The molecule has 0 aliphatic carbocycles. The van der Waals surface area contributed by atoms with Crippen LogP contribution in [0.5, 0.6) is 0 Å². The van der Waals surface area contributed by atoms with Gasteiger partial charge in [0.1, 0.15) is 6.61 Å². The molecule has 0 atom stereocenters. The van der Waals surface area contributed by atoms with Crippen molar-refractivity contribution in [3.8, 4) is 0 Å². The van der Waals surface area contributed by atoms with E-state index in [2.05, 4.69) is 13.0 Å². The second kappa shape index (κ2) is 6.44. The van der Waals surface area contributed by atoms with E-state index in [1.165, 1.54) is 25.7 Å². The molecule has 0 amide bonds. The lowest BCUT2D eigenvalue weighted by atomic mass is 10.1. The van der Waals surface area contributed by atoms with Crippen molar-refractivity contribution in [3.63, 3.8) is 0 Å². The molecule has 2 nitrogen and oxygen atoms in total. The van der Waals surface area contributed by atoms with Gasteiger partial charge in [0.25, 0.3) is 0 Å². The summed E-state index contributed by atoms with van der Waals surface area (Å²) in [5.41, 5.74) is 1.80. The number of hydrogen-bond donors (Lipinski definition) is 0. The van der Waals surface area contributed by atoms with Crippen molar-refractivity contribution in [1.82, 2.24) is 0 Å². The standard InChI is InChI=1S/C13H20O2/c1-3-4-5-6-7-8-9-12-11(2)10-15-13(12)14/h8-9H,3-7,10H2,1-2H3/b9-8+. The van der Waals surface area contributed by atoms with Crippen LogP contribution in [0, 0.1) is 0 Å². The van der Waals surface area contributed by atoms with Gasteiger partial charge in [-0.05, 0) is 25.3 Å². The van der Waals surface area contributed by atoms with Crippen LogP contribution >= 0.6 is 0 Å². The van der Waals surface area contributed by atoms with Crippen molar-refractivity contribution in [2.45, 2.75) is 46.0 Å². The average molecular weight is 208 g/mol. The van der Waals surface area contributed by atoms with Gasteiger partial charge in [0, 0.05) is 0 Å². The number of unbranched alkanes of at least 4 members (excludes halogenated alkanes) is 4. The Kier molecular flexibility index (Phi) is 5.16. The maximum atomic E-state index is 11.2. The van der Waals surface area contributed by atoms with Crippen LogP contribution in [0.25, 0.3) is 0 Å². The number of cyclic esters (lactones) is 1. The lowest BCUT2D eigenvalue weighted by Crippen LogP contribution is -1.96. The summed E-state index contributed by atoms with van der Waals surface area (Å²) in [4.78, 5) is 11.2. The van der Waals surface area contributed by atoms with E-state index in [4.69, 9.17) is 4.74 Å². The molecule has 0 unspecified atom stereocenters. The Morgan fingerprint density at radius 1 is 1.33 bits per heavy atom. The van der Waals surface area contributed by atoms with Gasteiger partial charge in [-0.2, -0.15) is 0 Å². The fourth-order valence-corrected chi connectivity index (χ4v) is 1.60. The minimum atomic E-state index is -0.169. The molecule has 1 rings (SSSR count). The predicted molar refractivity (Wildman–Crippen MR) is 61.6 cm³/mol. The molecule has 0 radical (unpaired) electrons. The molecule has 0 saturated heterocycles. The van der Waals surface area contributed by atoms with Gasteiger partial charge in [0.05, 0.1) is 5.57 Å². The SMILES string of the molecule is CCCCCC/C=C/C1=C(C)COC1=O. The van der Waals surface area contributed by atoms with Crippen LogP contribution in [0.1, 0.15) is 46.0 Å². The van der Waals surface area contributed by atoms with Crippen LogP contribution in [-0.4, -0.2) is 12.6 Å². The summed E-state index contributed by atoms with van der Waals surface area (Å²) in [7, 11) is 0. The number of hydrogen-bond acceptors (Lipinski definition) is 2. The van der Waals surface area contributed by atoms with Gasteiger partial charge in [0.15, 0.2) is 0 Å². The quantitative estimate of drug-likeness (QED) is 0.494. The fourth-order valence-electron chi connectivity index (χ4n) is 1.60. The van der Waals surface area contributed by atoms with Gasteiger partial charge >= 0.3 is 5.97 Å². The Labute approximate surface area is 92.0 Å². The van der Waals surface area contributed by atoms with E-state index in [1.54, 1.807) is 0 Å². The minimum absolute atomic E-state index is 0.169. The Bertz CT molecular complexity index is 274. The zero-order valence-corrected chi connectivity index (χ0v) is 9.71. The van der Waals surface area contributed by atoms with Crippen LogP contribution in [0.3, 0.4) is 0 Å². The first-order chi connectivity index (χ1) is 7.25. The monoisotopic (exact) mass is 208 g/mol. The van der Waals surface area contributed by atoms with Gasteiger partial charge in [0.2, 0.25) is 0 Å². The Hall–Kier alpha value is -1.05.